The van der Waals surface area contributed by atoms with Gasteiger partial charge in [0.2, 0.25) is 5.78 Å². The number of carbonyl (C=O) groups excluding carboxylic acids is 3. The van der Waals surface area contributed by atoms with Crippen LogP contribution in [0.15, 0.2) is 71.5 Å². The second-order valence-corrected chi connectivity index (χ2v) is 12.1. The zero-order valence-corrected chi connectivity index (χ0v) is 25.7. The minimum absolute atomic E-state index is 0.00515. The molecule has 3 aromatic carbocycles. The van der Waals surface area contributed by atoms with E-state index in [4.69, 9.17) is 15.2 Å². The molecule has 3 aliphatic carbocycles. The van der Waals surface area contributed by atoms with Crippen molar-refractivity contribution in [2.45, 2.75) is 24.5 Å². The number of rotatable bonds is 6. The number of methoxy groups -OCH3 is 2. The van der Waals surface area contributed by atoms with Crippen molar-refractivity contribution in [2.75, 3.05) is 28.3 Å². The normalized spacial score (nSPS) is 24.0. The van der Waals surface area contributed by atoms with Gasteiger partial charge in [0, 0.05) is 17.1 Å². The van der Waals surface area contributed by atoms with Gasteiger partial charge in [0.05, 0.1) is 25.8 Å². The van der Waals surface area contributed by atoms with Gasteiger partial charge in [-0.2, -0.15) is 0 Å². The number of primary amides is 1. The second kappa shape index (κ2) is 11.0. The van der Waals surface area contributed by atoms with E-state index in [1.807, 2.05) is 18.2 Å². The van der Waals surface area contributed by atoms with Crippen molar-refractivity contribution in [2.24, 2.45) is 17.6 Å². The number of ketones is 2. The van der Waals surface area contributed by atoms with Crippen LogP contribution in [0, 0.1) is 11.8 Å². The minimum atomic E-state index is -2.72. The number of aliphatic hydroxyl groups is 3. The molecule has 0 unspecified atom stereocenters. The molecule has 0 bridgehead atoms. The van der Waals surface area contributed by atoms with Gasteiger partial charge in [-0.15, -0.1) is 0 Å². The molecule has 0 aliphatic heterocycles. The highest BCUT2D eigenvalue weighted by Crippen LogP contribution is 2.55. The molecule has 1 saturated carbocycles. The molecule has 0 heterocycles. The van der Waals surface area contributed by atoms with Crippen LogP contribution in [-0.4, -0.2) is 82.8 Å². The maximum Gasteiger partial charge on any atom is 0.255 e. The molecular weight excluding hydrogens is 592 g/mol. The van der Waals surface area contributed by atoms with Gasteiger partial charge in [-0.25, -0.2) is 0 Å². The number of nitrogens with zero attached hydrogens (tertiary/aromatic N) is 1. The molecule has 3 aromatic rings. The predicted molar refractivity (Wildman–Crippen MR) is 168 cm³/mol. The van der Waals surface area contributed by atoms with E-state index < -0.39 is 58.0 Å². The Bertz CT molecular complexity index is 1860. The number of aliphatic hydroxyl groups excluding tert-OH is 2. The fourth-order valence-corrected chi connectivity index (χ4v) is 7.33. The largest absolute Gasteiger partial charge is 0.508 e. The molecule has 0 aromatic heterocycles. The number of ether oxygens (including phenoxy) is 2. The van der Waals surface area contributed by atoms with Crippen LogP contribution in [0.5, 0.6) is 17.2 Å². The van der Waals surface area contributed by atoms with Crippen molar-refractivity contribution in [3.8, 4) is 39.5 Å². The minimum Gasteiger partial charge on any atom is -0.508 e. The fourth-order valence-electron chi connectivity index (χ4n) is 7.33. The standard InChI is InChI=1S/C35H34N2O9/c1-37(2)28-24-14-18-13-23-21(16-5-9-19(45-3)10-6-16)15-22(17-7-11-20(46-4)12-8-17)29(38)26(23)30(39)25(18)32(41)35(24,44)33(42)27(31(28)40)34(36)43/h5-12,15,18,24,28,38-39,42,44H,13-14H2,1-4H3,(H2,36,43)/t18-,24-,28-,35-/m0/s1. The summed E-state index contributed by atoms with van der Waals surface area (Å²) >= 11 is 0. The third kappa shape index (κ3) is 4.38. The summed E-state index contributed by atoms with van der Waals surface area (Å²) in [5.41, 5.74) is 4.63. The monoisotopic (exact) mass is 626 g/mol. The molecule has 238 valence electrons. The number of Topliss-reactive ketones (excluding diaryl/α,β-unsaturated/α-hetero) is 2. The van der Waals surface area contributed by atoms with Crippen molar-refractivity contribution >= 4 is 23.2 Å². The third-order valence-electron chi connectivity index (χ3n) is 9.52. The lowest BCUT2D eigenvalue weighted by Gasteiger charge is -2.50. The van der Waals surface area contributed by atoms with E-state index in [-0.39, 0.29) is 29.7 Å². The lowest BCUT2D eigenvalue weighted by molar-refractivity contribution is -0.153. The molecule has 11 nitrogen and oxygen atoms in total. The van der Waals surface area contributed by atoms with E-state index in [1.165, 1.54) is 12.0 Å². The summed E-state index contributed by atoms with van der Waals surface area (Å²) in [4.78, 5) is 41.5. The molecule has 0 saturated heterocycles. The van der Waals surface area contributed by atoms with Crippen molar-refractivity contribution < 1.29 is 44.3 Å². The van der Waals surface area contributed by atoms with Gasteiger partial charge in [0.1, 0.15) is 34.3 Å². The van der Waals surface area contributed by atoms with Gasteiger partial charge in [0.25, 0.3) is 5.91 Å². The van der Waals surface area contributed by atoms with Crippen molar-refractivity contribution in [3.63, 3.8) is 0 Å². The number of phenolic OH excluding ortho intramolecular Hbond substituents is 1. The maximum atomic E-state index is 14.3. The van der Waals surface area contributed by atoms with Gasteiger partial charge < -0.3 is 35.6 Å². The zero-order chi connectivity index (χ0) is 33.2. The first-order valence-corrected chi connectivity index (χ1v) is 14.7. The molecular formula is C35H34N2O9. The summed E-state index contributed by atoms with van der Waals surface area (Å²) in [7, 11) is 6.22. The van der Waals surface area contributed by atoms with Gasteiger partial charge in [-0.3, -0.25) is 19.3 Å². The quantitative estimate of drug-likeness (QED) is 0.255. The highest BCUT2D eigenvalue weighted by molar-refractivity contribution is 6.24. The molecule has 11 heteroatoms. The van der Waals surface area contributed by atoms with E-state index in [9.17, 15) is 34.8 Å². The molecule has 3 aliphatic rings. The maximum absolute atomic E-state index is 14.3. The Balaban J connectivity index is 1.61. The number of fused-ring (bicyclic) bond motifs is 3. The van der Waals surface area contributed by atoms with Gasteiger partial charge in [-0.1, -0.05) is 24.3 Å². The average Bonchev–Trinajstić information content (AvgIpc) is 3.03. The third-order valence-corrected chi connectivity index (χ3v) is 9.52. The summed E-state index contributed by atoms with van der Waals surface area (Å²) in [6.45, 7) is 0. The summed E-state index contributed by atoms with van der Waals surface area (Å²) in [6, 6.07) is 14.9. The average molecular weight is 627 g/mol. The highest BCUT2D eigenvalue weighted by atomic mass is 16.5. The van der Waals surface area contributed by atoms with Gasteiger partial charge >= 0.3 is 0 Å². The second-order valence-electron chi connectivity index (χ2n) is 12.1. The molecule has 6 N–H and O–H groups in total. The van der Waals surface area contributed by atoms with Gasteiger partial charge in [-0.05, 0) is 85.4 Å². The van der Waals surface area contributed by atoms with Crippen LogP contribution in [-0.2, 0) is 20.8 Å². The van der Waals surface area contributed by atoms with E-state index in [0.717, 1.165) is 5.56 Å². The Labute approximate surface area is 264 Å². The molecule has 1 fully saturated rings. The number of hydrogen-bond acceptors (Lipinski definition) is 10. The number of benzene rings is 3. The number of aromatic hydroxyl groups is 1. The van der Waals surface area contributed by atoms with Crippen LogP contribution in [0.4, 0.5) is 0 Å². The smallest absolute Gasteiger partial charge is 0.255 e. The lowest BCUT2D eigenvalue weighted by Crippen LogP contribution is -2.65. The Hall–Kier alpha value is -5.13. The summed E-state index contributed by atoms with van der Waals surface area (Å²) < 4.78 is 10.6. The van der Waals surface area contributed by atoms with E-state index in [0.29, 0.717) is 33.8 Å². The van der Waals surface area contributed by atoms with Crippen LogP contribution in [0.25, 0.3) is 28.0 Å². The van der Waals surface area contributed by atoms with Crippen LogP contribution in [0.1, 0.15) is 17.5 Å². The topological polar surface area (TPSA) is 180 Å². The Morgan fingerprint density at radius 2 is 1.46 bits per heavy atom. The number of amides is 1. The van der Waals surface area contributed by atoms with E-state index in [1.54, 1.807) is 57.6 Å². The molecule has 0 radical (unpaired) electrons. The first kappa shape index (κ1) is 30.9. The molecule has 4 atom stereocenters. The first-order valence-electron chi connectivity index (χ1n) is 14.7. The van der Waals surface area contributed by atoms with Crippen LogP contribution in [0.3, 0.4) is 0 Å². The SMILES string of the molecule is COc1ccc(-c2cc(-c3ccc(OC)cc3)c3c(c2O)C(O)=C2C(=O)[C@]4(O)C(O)=C(C(N)=O)C(=O)[C@@H](N(C)C)[C@@H]4C[C@@H]2C3)cc1. The Morgan fingerprint density at radius 3 is 1.96 bits per heavy atom. The Morgan fingerprint density at radius 1 is 0.913 bits per heavy atom. The number of hydrogen-bond donors (Lipinski definition) is 5. The summed E-state index contributed by atoms with van der Waals surface area (Å²) in [5.74, 6) is -5.75. The van der Waals surface area contributed by atoms with Crippen molar-refractivity contribution in [1.29, 1.82) is 0 Å². The molecule has 46 heavy (non-hydrogen) atoms. The highest BCUT2D eigenvalue weighted by Gasteiger charge is 2.64. The Kier molecular flexibility index (Phi) is 7.41. The van der Waals surface area contributed by atoms with Crippen molar-refractivity contribution in [1.82, 2.24) is 4.90 Å². The summed E-state index contributed by atoms with van der Waals surface area (Å²) in [5, 5.41) is 46.7. The molecule has 1 amide bonds. The van der Waals surface area contributed by atoms with E-state index in [2.05, 4.69) is 0 Å². The predicted octanol–water partition coefficient (Wildman–Crippen LogP) is 3.32. The number of phenols is 1. The van der Waals surface area contributed by atoms with Crippen molar-refractivity contribution in [3.05, 3.63) is 82.6 Å². The van der Waals surface area contributed by atoms with Crippen LogP contribution in [0.2, 0.25) is 0 Å². The number of likely N-dealkylation sites (N-methyl/N-ethyl adjacent to an activating group) is 1. The lowest BCUT2D eigenvalue weighted by atomic mass is 9.57. The number of nitrogens with two attached hydrogens (primary N) is 1. The summed E-state index contributed by atoms with van der Waals surface area (Å²) in [6.07, 6.45) is 0.154. The van der Waals surface area contributed by atoms with E-state index >= 15 is 0 Å². The zero-order valence-electron chi connectivity index (χ0n) is 25.7. The van der Waals surface area contributed by atoms with Gasteiger partial charge in [0.15, 0.2) is 11.4 Å². The number of carbonyl (C=O) groups is 3. The van der Waals surface area contributed by atoms with Crippen LogP contribution >= 0.6 is 0 Å². The first-order chi connectivity index (χ1) is 21.8. The molecule has 6 rings (SSSR count). The molecule has 0 spiro atoms. The fraction of sp³-hybridized carbons (Fsp3) is 0.286. The van der Waals surface area contributed by atoms with Crippen LogP contribution < -0.4 is 15.2 Å².